The Hall–Kier alpha value is -1.39. The van der Waals surface area contributed by atoms with Crippen LogP contribution in [0, 0.1) is 0 Å². The van der Waals surface area contributed by atoms with Crippen molar-refractivity contribution >= 4 is 12.0 Å². The Kier molecular flexibility index (Phi) is 2.42. The summed E-state index contributed by atoms with van der Waals surface area (Å²) in [4.78, 5) is 10.4. The molecule has 4 heteroatoms. The first kappa shape index (κ1) is 8.70. The first-order valence-corrected chi connectivity index (χ1v) is 3.51. The summed E-state index contributed by atoms with van der Waals surface area (Å²) in [7, 11) is 0. The summed E-state index contributed by atoms with van der Waals surface area (Å²) in [6.07, 6.45) is 0.0474. The van der Waals surface area contributed by atoms with Crippen LogP contribution in [0.4, 0.5) is 5.69 Å². The molecule has 0 aliphatic rings. The molecule has 0 fully saturated rings. The van der Waals surface area contributed by atoms with Crippen LogP contribution in [0.3, 0.4) is 0 Å². The molecule has 0 atom stereocenters. The van der Waals surface area contributed by atoms with E-state index >= 15 is 0 Å². The molecule has 0 radical (unpaired) electrons. The molecule has 1 aromatic rings. The number of rotatable bonds is 2. The van der Waals surface area contributed by atoms with Crippen molar-refractivity contribution in [1.82, 2.24) is 0 Å². The maximum absolute atomic E-state index is 10.4. The fourth-order valence-electron chi connectivity index (χ4n) is 0.995. The van der Waals surface area contributed by atoms with E-state index in [1.54, 1.807) is 18.2 Å². The minimum atomic E-state index is -0.634. The van der Waals surface area contributed by atoms with Crippen molar-refractivity contribution in [3.05, 3.63) is 29.3 Å². The van der Waals surface area contributed by atoms with Crippen LogP contribution >= 0.6 is 0 Å². The van der Waals surface area contributed by atoms with Crippen molar-refractivity contribution in [2.24, 2.45) is 11.5 Å². The van der Waals surface area contributed by atoms with Gasteiger partial charge in [0.15, 0.2) is 6.29 Å². The Morgan fingerprint density at radius 2 is 2.00 bits per heavy atom. The van der Waals surface area contributed by atoms with Gasteiger partial charge in [-0.3, -0.25) is 4.79 Å². The number of hydrogen-bond acceptors (Lipinski definition) is 4. The van der Waals surface area contributed by atoms with Gasteiger partial charge < -0.3 is 17.2 Å². The number of para-hydroxylation sites is 1. The number of hydrogen-bond donors (Lipinski definition) is 3. The van der Waals surface area contributed by atoms with Crippen molar-refractivity contribution < 1.29 is 4.79 Å². The fraction of sp³-hybridized carbons (Fsp3) is 0.125. The van der Waals surface area contributed by atoms with Gasteiger partial charge >= 0.3 is 0 Å². The molecule has 1 aromatic carbocycles. The van der Waals surface area contributed by atoms with Gasteiger partial charge in [-0.2, -0.15) is 0 Å². The van der Waals surface area contributed by atoms with Crippen LogP contribution < -0.4 is 17.2 Å². The van der Waals surface area contributed by atoms with E-state index in [4.69, 9.17) is 17.2 Å². The highest BCUT2D eigenvalue weighted by atomic mass is 16.1. The van der Waals surface area contributed by atoms with Crippen LogP contribution in [0.15, 0.2) is 18.2 Å². The molecule has 12 heavy (non-hydrogen) atoms. The molecular weight excluding hydrogens is 154 g/mol. The molecule has 0 heterocycles. The van der Waals surface area contributed by atoms with Gasteiger partial charge in [-0.05, 0) is 6.07 Å². The Labute approximate surface area is 70.3 Å². The van der Waals surface area contributed by atoms with Gasteiger partial charge in [-0.1, -0.05) is 12.1 Å². The van der Waals surface area contributed by atoms with Crippen LogP contribution in [-0.4, -0.2) is 6.29 Å². The van der Waals surface area contributed by atoms with Gasteiger partial charge in [0.1, 0.15) is 0 Å². The Bertz CT molecular complexity index is 296. The molecule has 0 bridgehead atoms. The van der Waals surface area contributed by atoms with Gasteiger partial charge in [0.05, 0.1) is 6.17 Å². The lowest BCUT2D eigenvalue weighted by molar-refractivity contribution is 0.112. The monoisotopic (exact) mass is 165 g/mol. The lowest BCUT2D eigenvalue weighted by Gasteiger charge is -2.09. The normalized spacial score (nSPS) is 10.2. The predicted octanol–water partition coefficient (Wildman–Crippen LogP) is -0.00270. The number of nitrogens with two attached hydrogens (primary N) is 3. The maximum Gasteiger partial charge on any atom is 0.152 e. The third-order valence-electron chi connectivity index (χ3n) is 1.66. The second-order valence-electron chi connectivity index (χ2n) is 2.49. The van der Waals surface area contributed by atoms with E-state index in [2.05, 4.69) is 0 Å². The van der Waals surface area contributed by atoms with E-state index in [0.717, 1.165) is 0 Å². The third-order valence-corrected chi connectivity index (χ3v) is 1.66. The first-order chi connectivity index (χ1) is 5.66. The van der Waals surface area contributed by atoms with Crippen LogP contribution in [0.1, 0.15) is 22.1 Å². The quantitative estimate of drug-likeness (QED) is 0.326. The lowest BCUT2D eigenvalue weighted by atomic mass is 10.1. The molecule has 0 spiro atoms. The average Bonchev–Trinajstić information content (AvgIpc) is 2.04. The molecule has 0 aromatic heterocycles. The van der Waals surface area contributed by atoms with E-state index < -0.39 is 6.17 Å². The van der Waals surface area contributed by atoms with Crippen molar-refractivity contribution in [2.75, 3.05) is 5.73 Å². The van der Waals surface area contributed by atoms with E-state index in [-0.39, 0.29) is 0 Å². The van der Waals surface area contributed by atoms with E-state index in [1.165, 1.54) is 0 Å². The fourth-order valence-corrected chi connectivity index (χ4v) is 0.995. The van der Waals surface area contributed by atoms with E-state index in [1.807, 2.05) is 0 Å². The van der Waals surface area contributed by atoms with E-state index in [0.29, 0.717) is 23.1 Å². The minimum Gasteiger partial charge on any atom is -0.398 e. The second kappa shape index (κ2) is 3.34. The molecule has 6 N–H and O–H groups in total. The largest absolute Gasteiger partial charge is 0.398 e. The van der Waals surface area contributed by atoms with Gasteiger partial charge in [-0.25, -0.2) is 0 Å². The Morgan fingerprint density at radius 3 is 2.50 bits per heavy atom. The van der Waals surface area contributed by atoms with Gasteiger partial charge in [-0.15, -0.1) is 0 Å². The Balaban J connectivity index is 3.22. The highest BCUT2D eigenvalue weighted by Gasteiger charge is 2.06. The number of anilines is 1. The zero-order valence-corrected chi connectivity index (χ0v) is 6.53. The van der Waals surface area contributed by atoms with Crippen LogP contribution in [-0.2, 0) is 0 Å². The summed E-state index contributed by atoms with van der Waals surface area (Å²) in [5.41, 5.74) is 17.8. The highest BCUT2D eigenvalue weighted by molar-refractivity contribution is 5.84. The number of carbonyl (C=O) groups is 1. The number of benzene rings is 1. The average molecular weight is 165 g/mol. The molecule has 1 rings (SSSR count). The topological polar surface area (TPSA) is 95.1 Å². The molecule has 0 saturated carbocycles. The molecule has 4 nitrogen and oxygen atoms in total. The van der Waals surface area contributed by atoms with Crippen molar-refractivity contribution in [2.45, 2.75) is 6.17 Å². The summed E-state index contributed by atoms with van der Waals surface area (Å²) >= 11 is 0. The summed E-state index contributed by atoms with van der Waals surface area (Å²) in [6.45, 7) is 0. The number of aldehydes is 1. The molecule has 0 amide bonds. The van der Waals surface area contributed by atoms with Crippen LogP contribution in [0.5, 0.6) is 0 Å². The molecule has 0 saturated heterocycles. The van der Waals surface area contributed by atoms with Gasteiger partial charge in [0, 0.05) is 16.8 Å². The van der Waals surface area contributed by atoms with E-state index in [9.17, 15) is 4.79 Å². The zero-order valence-electron chi connectivity index (χ0n) is 6.53. The second-order valence-corrected chi connectivity index (χ2v) is 2.49. The number of carbonyl (C=O) groups excluding carboxylic acids is 1. The third kappa shape index (κ3) is 1.44. The van der Waals surface area contributed by atoms with Gasteiger partial charge in [0.2, 0.25) is 0 Å². The molecule has 0 unspecified atom stereocenters. The van der Waals surface area contributed by atoms with Crippen molar-refractivity contribution in [3.8, 4) is 0 Å². The standard InChI is InChI=1S/C8H11N3O/c9-7-5(4-12)2-1-3-6(7)8(10)11/h1-4,8H,9-11H2. The van der Waals surface area contributed by atoms with Crippen LogP contribution in [0.25, 0.3) is 0 Å². The summed E-state index contributed by atoms with van der Waals surface area (Å²) in [5, 5.41) is 0. The smallest absolute Gasteiger partial charge is 0.152 e. The van der Waals surface area contributed by atoms with Crippen LogP contribution in [0.2, 0.25) is 0 Å². The lowest BCUT2D eigenvalue weighted by Crippen LogP contribution is -2.21. The molecular formula is C8H11N3O. The maximum atomic E-state index is 10.4. The Morgan fingerprint density at radius 1 is 1.33 bits per heavy atom. The zero-order chi connectivity index (χ0) is 9.14. The number of nitrogen functional groups attached to an aromatic ring is 1. The molecule has 0 aliphatic heterocycles. The summed E-state index contributed by atoms with van der Waals surface area (Å²) < 4.78 is 0. The highest BCUT2D eigenvalue weighted by Crippen LogP contribution is 2.18. The summed E-state index contributed by atoms with van der Waals surface area (Å²) in [6, 6.07) is 5.02. The predicted molar refractivity (Wildman–Crippen MR) is 47.4 cm³/mol. The van der Waals surface area contributed by atoms with Gasteiger partial charge in [0.25, 0.3) is 0 Å². The molecule has 64 valence electrons. The SMILES string of the molecule is Nc1c(C=O)cccc1C(N)N. The van der Waals surface area contributed by atoms with Crippen molar-refractivity contribution in [3.63, 3.8) is 0 Å². The first-order valence-electron chi connectivity index (χ1n) is 3.51. The van der Waals surface area contributed by atoms with Crippen molar-refractivity contribution in [1.29, 1.82) is 0 Å². The summed E-state index contributed by atoms with van der Waals surface area (Å²) in [5.74, 6) is 0. The molecule has 0 aliphatic carbocycles. The minimum absolute atomic E-state index is 0.363.